The fraction of sp³-hybridized carbons (Fsp3) is 0.231. The van der Waals surface area contributed by atoms with Gasteiger partial charge in [0.1, 0.15) is 18.1 Å². The van der Waals surface area contributed by atoms with Crippen molar-refractivity contribution in [1.29, 1.82) is 0 Å². The predicted octanol–water partition coefficient (Wildman–Crippen LogP) is 5.08. The Balaban J connectivity index is 1.45. The SMILES string of the molecule is Cc1ccc(C(=O)[C@H](C)OC(=O)COc2ccc(OCc3ccccc3)cc2)cc1C. The van der Waals surface area contributed by atoms with E-state index in [1.807, 2.05) is 50.2 Å². The molecule has 0 spiro atoms. The molecule has 0 N–H and O–H groups in total. The van der Waals surface area contributed by atoms with Gasteiger partial charge in [-0.05, 0) is 67.8 Å². The van der Waals surface area contributed by atoms with Crippen LogP contribution < -0.4 is 9.47 Å². The summed E-state index contributed by atoms with van der Waals surface area (Å²) in [6.45, 7) is 5.67. The van der Waals surface area contributed by atoms with E-state index in [0.717, 1.165) is 16.7 Å². The maximum atomic E-state index is 12.5. The fourth-order valence-electron chi connectivity index (χ4n) is 2.93. The number of hydrogen-bond acceptors (Lipinski definition) is 5. The second kappa shape index (κ2) is 10.4. The molecule has 0 aromatic heterocycles. The van der Waals surface area contributed by atoms with E-state index in [-0.39, 0.29) is 12.4 Å². The molecule has 31 heavy (non-hydrogen) atoms. The molecule has 0 aliphatic rings. The van der Waals surface area contributed by atoms with Crippen molar-refractivity contribution in [1.82, 2.24) is 0 Å². The zero-order valence-electron chi connectivity index (χ0n) is 18.0. The van der Waals surface area contributed by atoms with Crippen molar-refractivity contribution < 1.29 is 23.8 Å². The molecule has 5 heteroatoms. The number of benzene rings is 3. The topological polar surface area (TPSA) is 61.8 Å². The predicted molar refractivity (Wildman–Crippen MR) is 119 cm³/mol. The molecule has 0 saturated carbocycles. The molecule has 0 heterocycles. The Kier molecular flexibility index (Phi) is 7.44. The summed E-state index contributed by atoms with van der Waals surface area (Å²) in [5.74, 6) is 0.369. The summed E-state index contributed by atoms with van der Waals surface area (Å²) in [5.41, 5.74) is 3.72. The van der Waals surface area contributed by atoms with E-state index < -0.39 is 12.1 Å². The maximum Gasteiger partial charge on any atom is 0.344 e. The van der Waals surface area contributed by atoms with Crippen LogP contribution in [0.3, 0.4) is 0 Å². The standard InChI is InChI=1S/C26H26O5/c1-18-9-10-22(15-19(18)2)26(28)20(3)31-25(27)17-30-24-13-11-23(12-14-24)29-16-21-7-5-4-6-8-21/h4-15,20H,16-17H2,1-3H3/t20-/m0/s1. The average molecular weight is 418 g/mol. The van der Waals surface area contributed by atoms with Crippen LogP contribution in [0.5, 0.6) is 11.5 Å². The molecule has 0 saturated heterocycles. The van der Waals surface area contributed by atoms with Gasteiger partial charge in [0.2, 0.25) is 5.78 Å². The molecule has 160 valence electrons. The monoisotopic (exact) mass is 418 g/mol. The van der Waals surface area contributed by atoms with Crippen molar-refractivity contribution in [3.05, 3.63) is 95.1 Å². The van der Waals surface area contributed by atoms with E-state index in [0.29, 0.717) is 23.7 Å². The van der Waals surface area contributed by atoms with Crippen LogP contribution in [0.4, 0.5) is 0 Å². The summed E-state index contributed by atoms with van der Waals surface area (Å²) in [6, 6.07) is 22.3. The summed E-state index contributed by atoms with van der Waals surface area (Å²) in [4.78, 5) is 24.6. The third-order valence-electron chi connectivity index (χ3n) is 4.90. The molecule has 3 aromatic carbocycles. The lowest BCUT2D eigenvalue weighted by atomic mass is 10.0. The molecule has 0 amide bonds. The lowest BCUT2D eigenvalue weighted by Crippen LogP contribution is -2.27. The number of hydrogen-bond donors (Lipinski definition) is 0. The van der Waals surface area contributed by atoms with Crippen LogP contribution in [-0.2, 0) is 16.1 Å². The first-order valence-corrected chi connectivity index (χ1v) is 10.1. The van der Waals surface area contributed by atoms with Gasteiger partial charge < -0.3 is 14.2 Å². The van der Waals surface area contributed by atoms with Crippen LogP contribution in [0.15, 0.2) is 72.8 Å². The summed E-state index contributed by atoms with van der Waals surface area (Å²) in [6.07, 6.45) is -0.882. The molecule has 1 atom stereocenters. The van der Waals surface area contributed by atoms with E-state index in [1.165, 1.54) is 0 Å². The van der Waals surface area contributed by atoms with E-state index in [4.69, 9.17) is 14.2 Å². The molecule has 0 unspecified atom stereocenters. The lowest BCUT2D eigenvalue weighted by molar-refractivity contribution is -0.148. The van der Waals surface area contributed by atoms with Gasteiger partial charge in [-0.15, -0.1) is 0 Å². The Bertz CT molecular complexity index is 1030. The number of rotatable bonds is 9. The molecular weight excluding hydrogens is 392 g/mol. The Morgan fingerprint density at radius 3 is 2.10 bits per heavy atom. The molecule has 5 nitrogen and oxygen atoms in total. The van der Waals surface area contributed by atoms with E-state index >= 15 is 0 Å². The zero-order chi connectivity index (χ0) is 22.2. The minimum Gasteiger partial charge on any atom is -0.489 e. The van der Waals surface area contributed by atoms with Gasteiger partial charge in [-0.1, -0.05) is 42.5 Å². The summed E-state index contributed by atoms with van der Waals surface area (Å²) >= 11 is 0. The van der Waals surface area contributed by atoms with Crippen molar-refractivity contribution in [3.8, 4) is 11.5 Å². The highest BCUT2D eigenvalue weighted by Gasteiger charge is 2.20. The van der Waals surface area contributed by atoms with Gasteiger partial charge in [-0.25, -0.2) is 4.79 Å². The molecule has 0 fully saturated rings. The largest absolute Gasteiger partial charge is 0.489 e. The highest BCUT2D eigenvalue weighted by atomic mass is 16.6. The summed E-state index contributed by atoms with van der Waals surface area (Å²) in [7, 11) is 0. The molecule has 3 rings (SSSR count). The molecule has 0 bridgehead atoms. The van der Waals surface area contributed by atoms with Gasteiger partial charge in [0.05, 0.1) is 0 Å². The van der Waals surface area contributed by atoms with Gasteiger partial charge in [-0.2, -0.15) is 0 Å². The Hall–Kier alpha value is -3.60. The van der Waals surface area contributed by atoms with Crippen LogP contribution in [-0.4, -0.2) is 24.5 Å². The molecular formula is C26H26O5. The van der Waals surface area contributed by atoms with Crippen LogP contribution in [0.25, 0.3) is 0 Å². The zero-order valence-corrected chi connectivity index (χ0v) is 18.0. The minimum absolute atomic E-state index is 0.239. The first-order valence-electron chi connectivity index (χ1n) is 10.1. The van der Waals surface area contributed by atoms with Crippen LogP contribution in [0.1, 0.15) is 34.0 Å². The second-order valence-corrected chi connectivity index (χ2v) is 7.33. The number of esters is 1. The Morgan fingerprint density at radius 2 is 1.45 bits per heavy atom. The van der Waals surface area contributed by atoms with Gasteiger partial charge >= 0.3 is 5.97 Å². The number of aryl methyl sites for hydroxylation is 2. The van der Waals surface area contributed by atoms with Gasteiger partial charge in [0.25, 0.3) is 0 Å². The number of ether oxygens (including phenoxy) is 3. The van der Waals surface area contributed by atoms with Crippen molar-refractivity contribution >= 4 is 11.8 Å². The summed E-state index contributed by atoms with van der Waals surface area (Å²) in [5, 5.41) is 0. The Labute approximate surface area is 182 Å². The average Bonchev–Trinajstić information content (AvgIpc) is 2.79. The maximum absolute atomic E-state index is 12.5. The quantitative estimate of drug-likeness (QED) is 0.358. The third kappa shape index (κ3) is 6.44. The smallest absolute Gasteiger partial charge is 0.344 e. The number of Topliss-reactive ketones (excluding diaryl/α,β-unsaturated/α-hetero) is 1. The number of carbonyl (C=O) groups is 2. The number of ketones is 1. The summed E-state index contributed by atoms with van der Waals surface area (Å²) < 4.78 is 16.4. The van der Waals surface area contributed by atoms with Crippen LogP contribution >= 0.6 is 0 Å². The molecule has 0 aliphatic heterocycles. The molecule has 0 radical (unpaired) electrons. The minimum atomic E-state index is -0.882. The van der Waals surface area contributed by atoms with Crippen LogP contribution in [0.2, 0.25) is 0 Å². The van der Waals surface area contributed by atoms with Gasteiger partial charge in [0, 0.05) is 5.56 Å². The Morgan fingerprint density at radius 1 is 0.806 bits per heavy atom. The first kappa shape index (κ1) is 22.1. The van der Waals surface area contributed by atoms with Crippen LogP contribution in [0, 0.1) is 13.8 Å². The lowest BCUT2D eigenvalue weighted by Gasteiger charge is -2.14. The third-order valence-corrected chi connectivity index (χ3v) is 4.90. The fourth-order valence-corrected chi connectivity index (χ4v) is 2.93. The van der Waals surface area contributed by atoms with E-state index in [1.54, 1.807) is 43.3 Å². The van der Waals surface area contributed by atoms with Gasteiger partial charge in [0.15, 0.2) is 12.7 Å². The first-order chi connectivity index (χ1) is 14.9. The normalized spacial score (nSPS) is 11.5. The molecule has 0 aliphatic carbocycles. The second-order valence-electron chi connectivity index (χ2n) is 7.33. The highest BCUT2D eigenvalue weighted by molar-refractivity contribution is 6.00. The van der Waals surface area contributed by atoms with Crippen molar-refractivity contribution in [2.45, 2.75) is 33.5 Å². The van der Waals surface area contributed by atoms with E-state index in [9.17, 15) is 9.59 Å². The van der Waals surface area contributed by atoms with Crippen molar-refractivity contribution in [2.75, 3.05) is 6.61 Å². The number of carbonyl (C=O) groups excluding carboxylic acids is 2. The van der Waals surface area contributed by atoms with Gasteiger partial charge in [-0.3, -0.25) is 4.79 Å². The van der Waals surface area contributed by atoms with Crippen molar-refractivity contribution in [2.24, 2.45) is 0 Å². The van der Waals surface area contributed by atoms with Crippen molar-refractivity contribution in [3.63, 3.8) is 0 Å². The molecule has 3 aromatic rings. The highest BCUT2D eigenvalue weighted by Crippen LogP contribution is 2.19. The van der Waals surface area contributed by atoms with E-state index in [2.05, 4.69) is 0 Å².